The third-order valence-corrected chi connectivity index (χ3v) is 2.85. The molecule has 0 spiro atoms. The standard InChI is InChI=1S/C13H17NO3/c1-9(2)13(14,12(16)17-3)11(15)10-7-5-4-6-8-10/h4-9H,14H2,1-3H3. The van der Waals surface area contributed by atoms with Gasteiger partial charge in [-0.25, -0.2) is 4.79 Å². The number of rotatable bonds is 4. The molecule has 0 bridgehead atoms. The summed E-state index contributed by atoms with van der Waals surface area (Å²) >= 11 is 0. The number of ether oxygens (including phenoxy) is 1. The monoisotopic (exact) mass is 235 g/mol. The summed E-state index contributed by atoms with van der Waals surface area (Å²) in [5, 5.41) is 0. The lowest BCUT2D eigenvalue weighted by atomic mass is 9.80. The maximum Gasteiger partial charge on any atom is 0.334 e. The van der Waals surface area contributed by atoms with Crippen molar-refractivity contribution in [2.24, 2.45) is 11.7 Å². The van der Waals surface area contributed by atoms with Crippen molar-refractivity contribution in [3.63, 3.8) is 0 Å². The van der Waals surface area contributed by atoms with E-state index in [1.54, 1.807) is 44.2 Å². The molecular weight excluding hydrogens is 218 g/mol. The lowest BCUT2D eigenvalue weighted by molar-refractivity contribution is -0.146. The number of hydrogen-bond donors (Lipinski definition) is 1. The van der Waals surface area contributed by atoms with Gasteiger partial charge in [0.15, 0.2) is 11.3 Å². The van der Waals surface area contributed by atoms with E-state index < -0.39 is 17.3 Å². The third-order valence-electron chi connectivity index (χ3n) is 2.85. The first-order chi connectivity index (χ1) is 7.94. The normalized spacial score (nSPS) is 14.2. The Morgan fingerprint density at radius 1 is 1.24 bits per heavy atom. The number of nitrogens with two attached hydrogens (primary N) is 1. The maximum absolute atomic E-state index is 12.3. The van der Waals surface area contributed by atoms with Crippen LogP contribution in [-0.4, -0.2) is 24.4 Å². The zero-order valence-electron chi connectivity index (χ0n) is 10.3. The number of benzene rings is 1. The van der Waals surface area contributed by atoms with E-state index in [-0.39, 0.29) is 5.92 Å². The van der Waals surface area contributed by atoms with Gasteiger partial charge in [0.25, 0.3) is 0 Å². The Hall–Kier alpha value is -1.68. The number of Topliss-reactive ketones (excluding diaryl/α,β-unsaturated/α-hetero) is 1. The zero-order chi connectivity index (χ0) is 13.1. The van der Waals surface area contributed by atoms with Crippen LogP contribution in [0.1, 0.15) is 24.2 Å². The molecule has 17 heavy (non-hydrogen) atoms. The largest absolute Gasteiger partial charge is 0.467 e. The van der Waals surface area contributed by atoms with Gasteiger partial charge in [-0.2, -0.15) is 0 Å². The van der Waals surface area contributed by atoms with Gasteiger partial charge in [-0.15, -0.1) is 0 Å². The Bertz CT molecular complexity index is 414. The Kier molecular flexibility index (Phi) is 4.02. The van der Waals surface area contributed by atoms with Crippen molar-refractivity contribution in [1.82, 2.24) is 0 Å². The van der Waals surface area contributed by atoms with Crippen molar-refractivity contribution < 1.29 is 14.3 Å². The number of hydrogen-bond acceptors (Lipinski definition) is 4. The van der Waals surface area contributed by atoms with Crippen LogP contribution in [0, 0.1) is 5.92 Å². The second kappa shape index (κ2) is 5.10. The molecule has 0 aliphatic rings. The predicted octanol–water partition coefficient (Wildman–Crippen LogP) is 1.40. The van der Waals surface area contributed by atoms with Crippen molar-refractivity contribution in [1.29, 1.82) is 0 Å². The summed E-state index contributed by atoms with van der Waals surface area (Å²) in [4.78, 5) is 24.0. The van der Waals surface area contributed by atoms with Gasteiger partial charge >= 0.3 is 5.97 Å². The highest BCUT2D eigenvalue weighted by molar-refractivity contribution is 6.16. The number of esters is 1. The maximum atomic E-state index is 12.3. The topological polar surface area (TPSA) is 69.4 Å². The minimum atomic E-state index is -1.63. The fraction of sp³-hybridized carbons (Fsp3) is 0.385. The van der Waals surface area contributed by atoms with Crippen LogP contribution in [0.5, 0.6) is 0 Å². The van der Waals surface area contributed by atoms with Gasteiger partial charge in [-0.1, -0.05) is 44.2 Å². The Morgan fingerprint density at radius 3 is 2.18 bits per heavy atom. The number of carbonyl (C=O) groups is 2. The van der Waals surface area contributed by atoms with Gasteiger partial charge in [0.2, 0.25) is 0 Å². The molecule has 1 aromatic rings. The van der Waals surface area contributed by atoms with Crippen molar-refractivity contribution in [3.05, 3.63) is 35.9 Å². The highest BCUT2D eigenvalue weighted by atomic mass is 16.5. The minimum absolute atomic E-state index is 0.345. The summed E-state index contributed by atoms with van der Waals surface area (Å²) < 4.78 is 4.63. The minimum Gasteiger partial charge on any atom is -0.467 e. The van der Waals surface area contributed by atoms with E-state index in [1.807, 2.05) is 0 Å². The van der Waals surface area contributed by atoms with E-state index in [9.17, 15) is 9.59 Å². The quantitative estimate of drug-likeness (QED) is 0.486. The van der Waals surface area contributed by atoms with Crippen LogP contribution >= 0.6 is 0 Å². The molecule has 0 saturated carbocycles. The third kappa shape index (κ3) is 2.36. The number of carbonyl (C=O) groups excluding carboxylic acids is 2. The van der Waals surface area contributed by atoms with Crippen LogP contribution < -0.4 is 5.73 Å². The molecule has 0 amide bonds. The smallest absolute Gasteiger partial charge is 0.334 e. The van der Waals surface area contributed by atoms with Crippen molar-refractivity contribution >= 4 is 11.8 Å². The van der Waals surface area contributed by atoms with E-state index in [2.05, 4.69) is 4.74 Å². The summed E-state index contributed by atoms with van der Waals surface area (Å²) in [7, 11) is 1.23. The first-order valence-corrected chi connectivity index (χ1v) is 5.41. The van der Waals surface area contributed by atoms with Crippen LogP contribution in [0.25, 0.3) is 0 Å². The number of ketones is 1. The number of methoxy groups -OCH3 is 1. The second-order valence-corrected chi connectivity index (χ2v) is 4.21. The zero-order valence-corrected chi connectivity index (χ0v) is 10.3. The lowest BCUT2D eigenvalue weighted by Crippen LogP contribution is -2.59. The predicted molar refractivity (Wildman–Crippen MR) is 64.5 cm³/mol. The van der Waals surface area contributed by atoms with E-state index >= 15 is 0 Å². The van der Waals surface area contributed by atoms with Gasteiger partial charge in [0, 0.05) is 5.56 Å². The molecule has 1 rings (SSSR count). The second-order valence-electron chi connectivity index (χ2n) is 4.21. The van der Waals surface area contributed by atoms with Gasteiger partial charge in [-0.3, -0.25) is 4.79 Å². The average molecular weight is 235 g/mol. The van der Waals surface area contributed by atoms with E-state index in [4.69, 9.17) is 5.73 Å². The van der Waals surface area contributed by atoms with Gasteiger partial charge in [0.05, 0.1) is 7.11 Å². The van der Waals surface area contributed by atoms with Gasteiger partial charge < -0.3 is 10.5 Å². The molecule has 1 atom stereocenters. The van der Waals surface area contributed by atoms with Crippen LogP contribution in [0.2, 0.25) is 0 Å². The molecule has 0 aliphatic carbocycles. The molecule has 92 valence electrons. The summed E-state index contributed by atoms with van der Waals surface area (Å²) in [6.07, 6.45) is 0. The van der Waals surface area contributed by atoms with Crippen molar-refractivity contribution in [2.45, 2.75) is 19.4 Å². The van der Waals surface area contributed by atoms with Gasteiger partial charge in [-0.05, 0) is 5.92 Å². The van der Waals surface area contributed by atoms with Crippen LogP contribution in [0.3, 0.4) is 0 Å². The lowest BCUT2D eigenvalue weighted by Gasteiger charge is -2.28. The van der Waals surface area contributed by atoms with E-state index in [0.29, 0.717) is 5.56 Å². The van der Waals surface area contributed by atoms with Crippen LogP contribution in [0.15, 0.2) is 30.3 Å². The average Bonchev–Trinajstić information content (AvgIpc) is 2.36. The fourth-order valence-corrected chi connectivity index (χ4v) is 1.59. The molecule has 0 heterocycles. The molecular formula is C13H17NO3. The summed E-state index contributed by atoms with van der Waals surface area (Å²) in [6.45, 7) is 3.44. The Morgan fingerprint density at radius 2 is 1.76 bits per heavy atom. The van der Waals surface area contributed by atoms with Crippen LogP contribution in [-0.2, 0) is 9.53 Å². The Balaban J connectivity index is 3.18. The highest BCUT2D eigenvalue weighted by Gasteiger charge is 2.46. The molecule has 0 aliphatic heterocycles. The van der Waals surface area contributed by atoms with Crippen LogP contribution in [0.4, 0.5) is 0 Å². The molecule has 4 heteroatoms. The van der Waals surface area contributed by atoms with Crippen molar-refractivity contribution in [3.8, 4) is 0 Å². The molecule has 1 aromatic carbocycles. The SMILES string of the molecule is COC(=O)C(N)(C(=O)c1ccccc1)C(C)C. The van der Waals surface area contributed by atoms with E-state index in [0.717, 1.165) is 0 Å². The fourth-order valence-electron chi connectivity index (χ4n) is 1.59. The molecule has 2 N–H and O–H groups in total. The molecule has 0 saturated heterocycles. The van der Waals surface area contributed by atoms with Crippen molar-refractivity contribution in [2.75, 3.05) is 7.11 Å². The summed E-state index contributed by atoms with van der Waals surface area (Å²) in [6, 6.07) is 8.52. The molecule has 0 radical (unpaired) electrons. The molecule has 0 aromatic heterocycles. The highest BCUT2D eigenvalue weighted by Crippen LogP contribution is 2.21. The summed E-state index contributed by atoms with van der Waals surface area (Å²) in [5.74, 6) is -1.47. The van der Waals surface area contributed by atoms with Gasteiger partial charge in [0.1, 0.15) is 0 Å². The Labute approximate surface area is 101 Å². The first kappa shape index (κ1) is 13.4. The molecule has 1 unspecified atom stereocenters. The molecule has 0 fully saturated rings. The summed E-state index contributed by atoms with van der Waals surface area (Å²) in [5.41, 5.74) is 4.73. The first-order valence-electron chi connectivity index (χ1n) is 5.41. The van der Waals surface area contributed by atoms with E-state index in [1.165, 1.54) is 7.11 Å². The molecule has 4 nitrogen and oxygen atoms in total.